The summed E-state index contributed by atoms with van der Waals surface area (Å²) in [6, 6.07) is 19.6. The molecule has 12 nitrogen and oxygen atoms in total. The van der Waals surface area contributed by atoms with Crippen LogP contribution >= 0.6 is 15.9 Å². The van der Waals surface area contributed by atoms with Crippen LogP contribution in [0.15, 0.2) is 65.1 Å². The normalized spacial score (nSPS) is 16.9. The number of carbonyl (C=O) groups is 3. The van der Waals surface area contributed by atoms with E-state index in [-0.39, 0.29) is 41.1 Å². The van der Waals surface area contributed by atoms with Gasteiger partial charge in [-0.1, -0.05) is 54.0 Å². The van der Waals surface area contributed by atoms with Crippen molar-refractivity contribution in [1.82, 2.24) is 25.1 Å². The molecule has 0 aliphatic carbocycles. The summed E-state index contributed by atoms with van der Waals surface area (Å²) in [6.07, 6.45) is 1.69. The quantitative estimate of drug-likeness (QED) is 0.118. The van der Waals surface area contributed by atoms with Crippen LogP contribution < -0.4 is 25.4 Å². The average molecular weight is 815 g/mol. The molecular weight excluding hydrogens is 762 g/mol. The van der Waals surface area contributed by atoms with Gasteiger partial charge in [0.1, 0.15) is 11.6 Å². The molecule has 0 saturated carbocycles. The molecule has 6 rings (SSSR count). The summed E-state index contributed by atoms with van der Waals surface area (Å²) in [6.45, 7) is 15.0. The van der Waals surface area contributed by atoms with Gasteiger partial charge in [-0.25, -0.2) is 9.97 Å². The Morgan fingerprint density at radius 1 is 0.964 bits per heavy atom. The van der Waals surface area contributed by atoms with Gasteiger partial charge in [0, 0.05) is 71.7 Å². The third kappa shape index (κ3) is 10.1. The minimum absolute atomic E-state index is 0.0368. The lowest BCUT2D eigenvalue weighted by Crippen LogP contribution is -2.57. The Kier molecular flexibility index (Phi) is 12.3. The van der Waals surface area contributed by atoms with E-state index in [1.165, 1.54) is 0 Å². The van der Waals surface area contributed by atoms with Gasteiger partial charge in [-0.15, -0.1) is 0 Å². The third-order valence-corrected chi connectivity index (χ3v) is 10.9. The summed E-state index contributed by atoms with van der Waals surface area (Å²) in [5, 5.41) is 10.00. The molecule has 2 aliphatic rings. The van der Waals surface area contributed by atoms with Crippen LogP contribution in [0.2, 0.25) is 0 Å². The van der Waals surface area contributed by atoms with Crippen LogP contribution in [0.25, 0.3) is 10.9 Å². The van der Waals surface area contributed by atoms with Crippen molar-refractivity contribution in [1.29, 1.82) is 0 Å². The van der Waals surface area contributed by atoms with Crippen LogP contribution in [0.3, 0.4) is 0 Å². The first-order chi connectivity index (χ1) is 26.2. The van der Waals surface area contributed by atoms with E-state index in [0.717, 1.165) is 57.5 Å². The highest BCUT2D eigenvalue weighted by molar-refractivity contribution is 9.10. The molecule has 1 unspecified atom stereocenters. The Balaban J connectivity index is 1.01. The maximum absolute atomic E-state index is 13.2. The Morgan fingerprint density at radius 2 is 1.73 bits per heavy atom. The van der Waals surface area contributed by atoms with Crippen molar-refractivity contribution < 1.29 is 23.9 Å². The van der Waals surface area contributed by atoms with Crippen LogP contribution in [0.4, 0.5) is 11.5 Å². The Morgan fingerprint density at radius 3 is 2.45 bits per heavy atom. The minimum Gasteiger partial charge on any atom is -0.493 e. The molecule has 55 heavy (non-hydrogen) atoms. The first kappa shape index (κ1) is 39.9. The number of rotatable bonds is 14. The molecule has 292 valence electrons. The van der Waals surface area contributed by atoms with Crippen molar-refractivity contribution in [3.05, 3.63) is 82.1 Å². The van der Waals surface area contributed by atoms with Gasteiger partial charge in [0.25, 0.3) is 0 Å². The molecule has 4 aromatic rings. The first-order valence-corrected chi connectivity index (χ1v) is 19.7. The summed E-state index contributed by atoms with van der Waals surface area (Å²) in [7, 11) is 1.65. The lowest BCUT2D eigenvalue weighted by Gasteiger charge is -2.47. The number of piperazine rings is 1. The average Bonchev–Trinajstić information content (AvgIpc) is 3.14. The van der Waals surface area contributed by atoms with E-state index in [2.05, 4.69) is 76.6 Å². The van der Waals surface area contributed by atoms with Crippen LogP contribution in [-0.2, 0) is 20.9 Å². The number of benzene rings is 3. The number of ether oxygens (including phenoxy) is 2. The predicted molar refractivity (Wildman–Crippen MR) is 218 cm³/mol. The number of imide groups is 1. The predicted octanol–water partition coefficient (Wildman–Crippen LogP) is 6.67. The van der Waals surface area contributed by atoms with Gasteiger partial charge >= 0.3 is 0 Å². The number of anilines is 2. The highest BCUT2D eigenvalue weighted by atomic mass is 79.9. The molecule has 3 heterocycles. The van der Waals surface area contributed by atoms with Crippen LogP contribution in [0.1, 0.15) is 69.8 Å². The van der Waals surface area contributed by atoms with Gasteiger partial charge in [0.15, 0.2) is 11.5 Å². The fraction of sp³-hybridized carbons (Fsp3) is 0.452. The highest BCUT2D eigenvalue weighted by Gasteiger charge is 2.36. The van der Waals surface area contributed by atoms with E-state index in [1.54, 1.807) is 7.11 Å². The molecular formula is C42H52BrN7O5. The molecule has 3 amide bonds. The second-order valence-electron chi connectivity index (χ2n) is 15.9. The van der Waals surface area contributed by atoms with Crippen molar-refractivity contribution >= 4 is 56.1 Å². The molecule has 0 radical (unpaired) electrons. The molecule has 0 bridgehead atoms. The zero-order valence-electron chi connectivity index (χ0n) is 32.6. The molecule has 13 heteroatoms. The van der Waals surface area contributed by atoms with Gasteiger partial charge in [-0.05, 0) is 75.1 Å². The van der Waals surface area contributed by atoms with Crippen molar-refractivity contribution in [3.8, 4) is 11.5 Å². The van der Waals surface area contributed by atoms with E-state index in [1.807, 2.05) is 60.4 Å². The number of methoxy groups -OCH3 is 1. The van der Waals surface area contributed by atoms with Gasteiger partial charge in [0.05, 0.1) is 31.7 Å². The van der Waals surface area contributed by atoms with Gasteiger partial charge in [-0.3, -0.25) is 24.6 Å². The molecule has 1 atom stereocenters. The van der Waals surface area contributed by atoms with E-state index < -0.39 is 0 Å². The second-order valence-corrected chi connectivity index (χ2v) is 16.8. The number of nitrogens with zero attached hydrogens (tertiary/aromatic N) is 4. The number of hydrogen-bond donors (Lipinski definition) is 3. The highest BCUT2D eigenvalue weighted by Crippen LogP contribution is 2.38. The number of piperidine rings is 1. The molecule has 3 aromatic carbocycles. The monoisotopic (exact) mass is 813 g/mol. The Bertz CT molecular complexity index is 2050. The zero-order valence-corrected chi connectivity index (χ0v) is 34.2. The number of hydrogen-bond acceptors (Lipinski definition) is 10. The van der Waals surface area contributed by atoms with E-state index in [9.17, 15) is 14.4 Å². The molecule has 0 spiro atoms. The molecule has 1 aromatic heterocycles. The molecule has 3 N–H and O–H groups in total. The number of aryl methyl sites for hydroxylation is 1. The fourth-order valence-electron chi connectivity index (χ4n) is 7.83. The molecule has 2 fully saturated rings. The molecule has 2 saturated heterocycles. The van der Waals surface area contributed by atoms with Gasteiger partial charge in [0.2, 0.25) is 17.7 Å². The largest absolute Gasteiger partial charge is 0.493 e. The summed E-state index contributed by atoms with van der Waals surface area (Å²) in [5.74, 6) is 1.83. The van der Waals surface area contributed by atoms with Crippen molar-refractivity contribution in [2.24, 2.45) is 5.41 Å². The number of halogens is 1. The Hall–Kier alpha value is -4.75. The van der Waals surface area contributed by atoms with Crippen LogP contribution in [-0.4, -0.2) is 89.5 Å². The van der Waals surface area contributed by atoms with Gasteiger partial charge < -0.3 is 25.0 Å². The van der Waals surface area contributed by atoms with E-state index in [0.29, 0.717) is 56.4 Å². The number of nitrogens with one attached hydrogen (secondary N) is 3. The molecule has 2 aliphatic heterocycles. The van der Waals surface area contributed by atoms with Gasteiger partial charge in [-0.2, -0.15) is 0 Å². The second kappa shape index (κ2) is 16.9. The van der Waals surface area contributed by atoms with Crippen molar-refractivity contribution in [3.63, 3.8) is 0 Å². The standard InChI is InChI=1S/C42H52BrN7O5/c1-27-46-34-22-36(35(54-6)21-33(34)39(47-27)45-23-28-9-7-11-30(43)19-28)55-26-41(2,3)25-42(4,5)50-17-15-49(16-18-50)38(52)24-44-31-12-8-10-29(20-31)32-13-14-37(51)48-40(32)53/h7-12,19-22,32,44H,13-18,23-26H2,1-6H3,(H,45,46,47)(H,48,51,53). The van der Waals surface area contributed by atoms with Crippen molar-refractivity contribution in [2.75, 3.05) is 57.1 Å². The maximum Gasteiger partial charge on any atom is 0.241 e. The maximum atomic E-state index is 13.2. The summed E-state index contributed by atoms with van der Waals surface area (Å²) in [4.78, 5) is 51.0. The number of aromatic nitrogens is 2. The van der Waals surface area contributed by atoms with Crippen molar-refractivity contribution in [2.45, 2.75) is 71.9 Å². The number of amides is 3. The first-order valence-electron chi connectivity index (χ1n) is 18.9. The summed E-state index contributed by atoms with van der Waals surface area (Å²) < 4.78 is 13.3. The Labute approximate surface area is 331 Å². The lowest BCUT2D eigenvalue weighted by molar-refractivity contribution is -0.134. The third-order valence-electron chi connectivity index (χ3n) is 10.4. The number of carbonyl (C=O) groups excluding carboxylic acids is 3. The fourth-order valence-corrected chi connectivity index (χ4v) is 8.27. The summed E-state index contributed by atoms with van der Waals surface area (Å²) in [5.41, 5.74) is 3.21. The van der Waals surface area contributed by atoms with Crippen LogP contribution in [0.5, 0.6) is 11.5 Å². The number of fused-ring (bicyclic) bond motifs is 1. The minimum atomic E-state index is -0.366. The topological polar surface area (TPSA) is 138 Å². The van der Waals surface area contributed by atoms with E-state index in [4.69, 9.17) is 19.4 Å². The smallest absolute Gasteiger partial charge is 0.241 e. The lowest BCUT2D eigenvalue weighted by atomic mass is 9.79. The van der Waals surface area contributed by atoms with E-state index >= 15 is 0 Å². The zero-order chi connectivity index (χ0) is 39.3. The SMILES string of the molecule is COc1cc2c(NCc3cccc(Br)c3)nc(C)nc2cc1OCC(C)(C)CC(C)(C)N1CCN(C(=O)CNc2cccc(C3CCC(=O)NC3=O)c2)CC1. The van der Waals surface area contributed by atoms with Crippen LogP contribution in [0, 0.1) is 12.3 Å². The summed E-state index contributed by atoms with van der Waals surface area (Å²) >= 11 is 3.55.